The number of nitrogens with one attached hydrogen (secondary N) is 1. The summed E-state index contributed by atoms with van der Waals surface area (Å²) in [6, 6.07) is 0. The highest BCUT2D eigenvalue weighted by Gasteiger charge is 2.33. The third-order valence-electron chi connectivity index (χ3n) is 3.43. The highest BCUT2D eigenvalue weighted by atomic mass is 14.9. The van der Waals surface area contributed by atoms with Gasteiger partial charge in [0.05, 0.1) is 0 Å². The summed E-state index contributed by atoms with van der Waals surface area (Å²) >= 11 is 0. The summed E-state index contributed by atoms with van der Waals surface area (Å²) in [6.45, 7) is 9.43. The van der Waals surface area contributed by atoms with E-state index in [-0.39, 0.29) is 0 Å². The van der Waals surface area contributed by atoms with Gasteiger partial charge < -0.3 is 5.32 Å². The maximum atomic E-state index is 3.62. The molecule has 1 nitrogen and oxygen atoms in total. The molecule has 0 aromatic heterocycles. The van der Waals surface area contributed by atoms with E-state index >= 15 is 0 Å². The monoisotopic (exact) mass is 197 g/mol. The summed E-state index contributed by atoms with van der Waals surface area (Å²) < 4.78 is 0. The number of hydrogen-bond acceptors (Lipinski definition) is 1. The Morgan fingerprint density at radius 2 is 1.86 bits per heavy atom. The fourth-order valence-corrected chi connectivity index (χ4v) is 2.97. The Morgan fingerprint density at radius 1 is 1.21 bits per heavy atom. The molecule has 84 valence electrons. The summed E-state index contributed by atoms with van der Waals surface area (Å²) in [5.74, 6) is 0.858. The van der Waals surface area contributed by atoms with Crippen LogP contribution in [-0.4, -0.2) is 13.1 Å². The molecule has 0 saturated heterocycles. The zero-order valence-corrected chi connectivity index (χ0v) is 10.2. The van der Waals surface area contributed by atoms with E-state index in [1.165, 1.54) is 51.6 Å². The summed E-state index contributed by atoms with van der Waals surface area (Å²) in [4.78, 5) is 0. The fourth-order valence-electron chi connectivity index (χ4n) is 2.97. The summed E-state index contributed by atoms with van der Waals surface area (Å²) in [5, 5.41) is 3.62. The molecule has 1 fully saturated rings. The molecule has 0 bridgehead atoms. The number of hydrogen-bond donors (Lipinski definition) is 1. The highest BCUT2D eigenvalue weighted by molar-refractivity contribution is 4.87. The van der Waals surface area contributed by atoms with E-state index < -0.39 is 0 Å². The van der Waals surface area contributed by atoms with Gasteiger partial charge in [0.1, 0.15) is 0 Å². The van der Waals surface area contributed by atoms with Crippen molar-refractivity contribution in [3.8, 4) is 0 Å². The minimum atomic E-state index is 0.656. The standard InChI is InChI=1S/C13H27N/c1-4-9-14-11-13(10-12(2)3)7-5-6-8-13/h12,14H,4-11H2,1-3H3. The van der Waals surface area contributed by atoms with Crippen molar-refractivity contribution < 1.29 is 0 Å². The van der Waals surface area contributed by atoms with Crippen molar-refractivity contribution >= 4 is 0 Å². The number of rotatable bonds is 6. The van der Waals surface area contributed by atoms with E-state index in [4.69, 9.17) is 0 Å². The molecule has 0 atom stereocenters. The zero-order chi connectivity index (χ0) is 10.4. The van der Waals surface area contributed by atoms with Gasteiger partial charge in [-0.05, 0) is 43.6 Å². The molecule has 0 amide bonds. The fraction of sp³-hybridized carbons (Fsp3) is 1.00. The minimum Gasteiger partial charge on any atom is -0.316 e. The summed E-state index contributed by atoms with van der Waals surface area (Å²) in [7, 11) is 0. The zero-order valence-electron chi connectivity index (χ0n) is 10.2. The Bertz CT molecular complexity index is 145. The molecule has 0 unspecified atom stereocenters. The Kier molecular flexibility index (Phi) is 4.94. The predicted molar refractivity (Wildman–Crippen MR) is 63.5 cm³/mol. The van der Waals surface area contributed by atoms with Crippen LogP contribution in [0, 0.1) is 11.3 Å². The third-order valence-corrected chi connectivity index (χ3v) is 3.43. The first-order valence-corrected chi connectivity index (χ1v) is 6.39. The Hall–Kier alpha value is -0.0400. The van der Waals surface area contributed by atoms with Gasteiger partial charge in [-0.3, -0.25) is 0 Å². The second-order valence-corrected chi connectivity index (χ2v) is 5.48. The van der Waals surface area contributed by atoms with Gasteiger partial charge in [-0.1, -0.05) is 33.6 Å². The predicted octanol–water partition coefficient (Wildman–Crippen LogP) is 3.59. The van der Waals surface area contributed by atoms with E-state index in [0.29, 0.717) is 5.41 Å². The summed E-state index contributed by atoms with van der Waals surface area (Å²) in [6.07, 6.45) is 8.52. The lowest BCUT2D eigenvalue weighted by atomic mass is 9.78. The first kappa shape index (κ1) is 12.0. The average molecular weight is 197 g/mol. The van der Waals surface area contributed by atoms with Crippen molar-refractivity contribution in [3.05, 3.63) is 0 Å². The smallest absolute Gasteiger partial charge is 0.000790 e. The van der Waals surface area contributed by atoms with Crippen molar-refractivity contribution in [2.24, 2.45) is 11.3 Å². The van der Waals surface area contributed by atoms with Crippen LogP contribution in [0.1, 0.15) is 59.3 Å². The van der Waals surface area contributed by atoms with Gasteiger partial charge in [0.2, 0.25) is 0 Å². The SMILES string of the molecule is CCCNCC1(CC(C)C)CCCC1. The molecule has 0 radical (unpaired) electrons. The van der Waals surface area contributed by atoms with Gasteiger partial charge in [-0.15, -0.1) is 0 Å². The molecule has 0 heterocycles. The second kappa shape index (κ2) is 5.75. The maximum absolute atomic E-state index is 3.62. The molecule has 1 aliphatic carbocycles. The van der Waals surface area contributed by atoms with Crippen LogP contribution < -0.4 is 5.32 Å². The molecule has 1 saturated carbocycles. The molecular formula is C13H27N. The summed E-state index contributed by atoms with van der Waals surface area (Å²) in [5.41, 5.74) is 0.656. The minimum absolute atomic E-state index is 0.656. The topological polar surface area (TPSA) is 12.0 Å². The molecule has 0 aliphatic heterocycles. The first-order chi connectivity index (χ1) is 6.68. The molecule has 0 spiro atoms. The lowest BCUT2D eigenvalue weighted by molar-refractivity contribution is 0.224. The van der Waals surface area contributed by atoms with Crippen LogP contribution >= 0.6 is 0 Å². The van der Waals surface area contributed by atoms with Crippen LogP contribution in [0.5, 0.6) is 0 Å². The average Bonchev–Trinajstić information content (AvgIpc) is 2.53. The molecule has 14 heavy (non-hydrogen) atoms. The second-order valence-electron chi connectivity index (χ2n) is 5.48. The van der Waals surface area contributed by atoms with Crippen LogP contribution in [0.4, 0.5) is 0 Å². The molecule has 1 rings (SSSR count). The van der Waals surface area contributed by atoms with Gasteiger partial charge >= 0.3 is 0 Å². The van der Waals surface area contributed by atoms with Crippen LogP contribution in [0.25, 0.3) is 0 Å². The van der Waals surface area contributed by atoms with E-state index in [2.05, 4.69) is 26.1 Å². The van der Waals surface area contributed by atoms with Crippen LogP contribution in [0.15, 0.2) is 0 Å². The van der Waals surface area contributed by atoms with Gasteiger partial charge in [0.25, 0.3) is 0 Å². The normalized spacial score (nSPS) is 20.6. The molecular weight excluding hydrogens is 170 g/mol. The Balaban J connectivity index is 2.36. The first-order valence-electron chi connectivity index (χ1n) is 6.39. The van der Waals surface area contributed by atoms with E-state index in [1.807, 2.05) is 0 Å². The molecule has 0 aromatic rings. The van der Waals surface area contributed by atoms with Crippen molar-refractivity contribution in [1.82, 2.24) is 5.32 Å². The van der Waals surface area contributed by atoms with Crippen molar-refractivity contribution in [1.29, 1.82) is 0 Å². The van der Waals surface area contributed by atoms with Gasteiger partial charge in [0.15, 0.2) is 0 Å². The van der Waals surface area contributed by atoms with Crippen LogP contribution in [-0.2, 0) is 0 Å². The molecule has 1 aliphatic rings. The quantitative estimate of drug-likeness (QED) is 0.642. The Morgan fingerprint density at radius 3 is 2.36 bits per heavy atom. The molecule has 1 N–H and O–H groups in total. The Labute approximate surface area is 89.7 Å². The molecule has 1 heteroatoms. The van der Waals surface area contributed by atoms with E-state index in [9.17, 15) is 0 Å². The van der Waals surface area contributed by atoms with Crippen LogP contribution in [0.2, 0.25) is 0 Å². The lowest BCUT2D eigenvalue weighted by Gasteiger charge is -2.31. The van der Waals surface area contributed by atoms with Crippen molar-refractivity contribution in [3.63, 3.8) is 0 Å². The maximum Gasteiger partial charge on any atom is 0.000790 e. The van der Waals surface area contributed by atoms with E-state index in [0.717, 1.165) is 5.92 Å². The highest BCUT2D eigenvalue weighted by Crippen LogP contribution is 2.42. The van der Waals surface area contributed by atoms with Gasteiger partial charge in [-0.2, -0.15) is 0 Å². The molecule has 0 aromatic carbocycles. The van der Waals surface area contributed by atoms with Crippen LogP contribution in [0.3, 0.4) is 0 Å². The largest absolute Gasteiger partial charge is 0.316 e. The lowest BCUT2D eigenvalue weighted by Crippen LogP contribution is -2.33. The third kappa shape index (κ3) is 3.61. The van der Waals surface area contributed by atoms with Gasteiger partial charge in [0, 0.05) is 6.54 Å². The van der Waals surface area contributed by atoms with Gasteiger partial charge in [-0.25, -0.2) is 0 Å². The van der Waals surface area contributed by atoms with E-state index in [1.54, 1.807) is 0 Å². The van der Waals surface area contributed by atoms with Crippen molar-refractivity contribution in [2.45, 2.75) is 59.3 Å². The van der Waals surface area contributed by atoms with Crippen molar-refractivity contribution in [2.75, 3.05) is 13.1 Å².